The molecule has 34 heavy (non-hydrogen) atoms. The average molecular weight is 466 g/mol. The molecule has 0 aromatic carbocycles. The van der Waals surface area contributed by atoms with Gasteiger partial charge in [-0.15, -0.1) is 0 Å². The molecule has 1 aliphatic heterocycles. The Balaban J connectivity index is 1.35. The van der Waals surface area contributed by atoms with Crippen LogP contribution in [0.4, 0.5) is 20.4 Å². The molecule has 9 heteroatoms. The molecular formula is C25H29F2N7. The first-order valence-corrected chi connectivity index (χ1v) is 12.3. The quantitative estimate of drug-likeness (QED) is 0.580. The van der Waals surface area contributed by atoms with Gasteiger partial charge in [0, 0.05) is 68.4 Å². The molecule has 6 rings (SSSR count). The molecule has 2 aliphatic carbocycles. The summed E-state index contributed by atoms with van der Waals surface area (Å²) in [5.41, 5.74) is 2.97. The zero-order valence-electron chi connectivity index (χ0n) is 19.1. The predicted octanol–water partition coefficient (Wildman–Crippen LogP) is 4.36. The second-order valence-electron chi connectivity index (χ2n) is 9.71. The van der Waals surface area contributed by atoms with E-state index in [4.69, 9.17) is 9.97 Å². The average Bonchev–Trinajstić information content (AvgIpc) is 3.71. The molecule has 0 spiro atoms. The minimum Gasteiger partial charge on any atom is -0.367 e. The number of halogens is 2. The minimum atomic E-state index is -2.54. The summed E-state index contributed by atoms with van der Waals surface area (Å²) in [6.45, 7) is 3.64. The Labute approximate surface area is 197 Å². The highest BCUT2D eigenvalue weighted by Crippen LogP contribution is 2.45. The van der Waals surface area contributed by atoms with Gasteiger partial charge in [0.05, 0.1) is 11.7 Å². The number of rotatable bonds is 5. The lowest BCUT2D eigenvalue weighted by Gasteiger charge is -2.30. The van der Waals surface area contributed by atoms with Crippen LogP contribution in [0.5, 0.6) is 0 Å². The maximum Gasteiger partial charge on any atom is 0.248 e. The lowest BCUT2D eigenvalue weighted by molar-refractivity contribution is -0.0361. The summed E-state index contributed by atoms with van der Waals surface area (Å²) in [4.78, 5) is 21.3. The van der Waals surface area contributed by atoms with E-state index < -0.39 is 5.92 Å². The number of aromatic nitrogens is 4. The smallest absolute Gasteiger partial charge is 0.248 e. The molecule has 0 amide bonds. The lowest BCUT2D eigenvalue weighted by Crippen LogP contribution is -2.44. The number of nitrogens with one attached hydrogen (secondary N) is 2. The molecule has 2 N–H and O–H groups in total. The minimum absolute atomic E-state index is 0.00149. The number of nitrogens with zero attached hydrogens (tertiary/aromatic N) is 5. The molecule has 2 saturated carbocycles. The van der Waals surface area contributed by atoms with Crippen molar-refractivity contribution in [2.24, 2.45) is 0 Å². The zero-order valence-corrected chi connectivity index (χ0v) is 19.1. The number of fused-ring (bicyclic) bond motifs is 1. The normalized spacial score (nSPS) is 21.1. The first-order valence-electron chi connectivity index (χ1n) is 12.3. The van der Waals surface area contributed by atoms with E-state index in [9.17, 15) is 8.78 Å². The summed E-state index contributed by atoms with van der Waals surface area (Å²) < 4.78 is 27.1. The van der Waals surface area contributed by atoms with E-state index in [0.29, 0.717) is 30.4 Å². The Morgan fingerprint density at radius 2 is 1.82 bits per heavy atom. The van der Waals surface area contributed by atoms with Crippen molar-refractivity contribution < 1.29 is 8.78 Å². The Kier molecular flexibility index (Phi) is 5.51. The highest BCUT2D eigenvalue weighted by molar-refractivity contribution is 5.94. The predicted molar refractivity (Wildman–Crippen MR) is 128 cm³/mol. The summed E-state index contributed by atoms with van der Waals surface area (Å²) in [5.74, 6) is 0.292. The van der Waals surface area contributed by atoms with E-state index in [0.717, 1.165) is 48.5 Å². The van der Waals surface area contributed by atoms with Gasteiger partial charge in [-0.25, -0.2) is 23.7 Å². The van der Waals surface area contributed by atoms with Crippen molar-refractivity contribution in [1.82, 2.24) is 25.3 Å². The molecule has 3 aromatic rings. The monoisotopic (exact) mass is 465 g/mol. The van der Waals surface area contributed by atoms with Gasteiger partial charge < -0.3 is 15.5 Å². The van der Waals surface area contributed by atoms with Crippen LogP contribution in [0.1, 0.15) is 50.0 Å². The van der Waals surface area contributed by atoms with Gasteiger partial charge in [-0.3, -0.25) is 4.98 Å². The van der Waals surface area contributed by atoms with E-state index in [1.807, 2.05) is 24.5 Å². The molecule has 7 nitrogen and oxygen atoms in total. The number of hydrogen-bond donors (Lipinski definition) is 2. The van der Waals surface area contributed by atoms with Gasteiger partial charge >= 0.3 is 0 Å². The second-order valence-corrected chi connectivity index (χ2v) is 9.71. The van der Waals surface area contributed by atoms with Gasteiger partial charge in [0.25, 0.3) is 0 Å². The van der Waals surface area contributed by atoms with Gasteiger partial charge in [-0.2, -0.15) is 0 Å². The van der Waals surface area contributed by atoms with Crippen LogP contribution in [-0.4, -0.2) is 58.1 Å². The molecule has 0 atom stereocenters. The van der Waals surface area contributed by atoms with Crippen LogP contribution < -0.4 is 15.5 Å². The fourth-order valence-electron chi connectivity index (χ4n) is 5.07. The van der Waals surface area contributed by atoms with E-state index in [2.05, 4.69) is 25.5 Å². The second kappa shape index (κ2) is 8.69. The van der Waals surface area contributed by atoms with Gasteiger partial charge in [-0.1, -0.05) is 0 Å². The molecular weight excluding hydrogens is 436 g/mol. The van der Waals surface area contributed by atoms with Crippen molar-refractivity contribution in [3.05, 3.63) is 36.3 Å². The van der Waals surface area contributed by atoms with Crippen molar-refractivity contribution in [3.63, 3.8) is 0 Å². The summed E-state index contributed by atoms with van der Waals surface area (Å²) in [6, 6.07) is 3.83. The number of piperazine rings is 1. The SMILES string of the molecule is FC1(F)CCC(Nc2cc(-c3nc(N4CCNCC4)c4c(C5CC5)cncc4n3)ccn2)CC1. The maximum absolute atomic E-state index is 13.5. The Morgan fingerprint density at radius 1 is 1.03 bits per heavy atom. The fraction of sp³-hybridized carbons (Fsp3) is 0.520. The first-order chi connectivity index (χ1) is 16.6. The van der Waals surface area contributed by atoms with Gasteiger partial charge in [0.15, 0.2) is 5.82 Å². The molecule has 178 valence electrons. The number of hydrogen-bond acceptors (Lipinski definition) is 7. The van der Waals surface area contributed by atoms with Crippen LogP contribution in [-0.2, 0) is 0 Å². The highest BCUT2D eigenvalue weighted by atomic mass is 19.3. The lowest BCUT2D eigenvalue weighted by atomic mass is 9.92. The highest BCUT2D eigenvalue weighted by Gasteiger charge is 2.35. The number of pyridine rings is 2. The van der Waals surface area contributed by atoms with Crippen LogP contribution >= 0.6 is 0 Å². The van der Waals surface area contributed by atoms with Gasteiger partial charge in [0.2, 0.25) is 5.92 Å². The van der Waals surface area contributed by atoms with E-state index in [1.54, 1.807) is 6.20 Å². The fourth-order valence-corrected chi connectivity index (χ4v) is 5.07. The van der Waals surface area contributed by atoms with Gasteiger partial charge in [0.1, 0.15) is 11.6 Å². The standard InChI is InChI=1S/C25H29F2N7/c26-25(27)6-3-18(4-7-25)31-21-13-17(5-8-30-21)23-32-20-15-29-14-19(16-1-2-16)22(20)24(33-23)34-11-9-28-10-12-34/h5,8,13-16,18,28H,1-4,6-7,9-12H2,(H,30,31). The molecule has 4 heterocycles. The molecule has 3 aliphatic rings. The van der Waals surface area contributed by atoms with Crippen molar-refractivity contribution in [3.8, 4) is 11.4 Å². The number of alkyl halides is 2. The topological polar surface area (TPSA) is 78.9 Å². The summed E-state index contributed by atoms with van der Waals surface area (Å²) in [7, 11) is 0. The van der Waals surface area contributed by atoms with Crippen molar-refractivity contribution >= 4 is 22.5 Å². The van der Waals surface area contributed by atoms with Crippen LogP contribution in [0.15, 0.2) is 30.7 Å². The van der Waals surface area contributed by atoms with Crippen LogP contribution in [0.3, 0.4) is 0 Å². The number of anilines is 2. The Bertz CT molecular complexity index is 1180. The Hall–Kier alpha value is -2.94. The molecule has 3 aromatic heterocycles. The molecule has 0 radical (unpaired) electrons. The zero-order chi connectivity index (χ0) is 23.1. The third kappa shape index (κ3) is 4.41. The molecule has 3 fully saturated rings. The summed E-state index contributed by atoms with van der Waals surface area (Å²) in [5, 5.41) is 7.89. The van der Waals surface area contributed by atoms with E-state index in [1.165, 1.54) is 18.4 Å². The van der Waals surface area contributed by atoms with Crippen molar-refractivity contribution in [2.75, 3.05) is 36.4 Å². The van der Waals surface area contributed by atoms with E-state index >= 15 is 0 Å². The van der Waals surface area contributed by atoms with Crippen LogP contribution in [0.2, 0.25) is 0 Å². The first kappa shape index (κ1) is 21.6. The van der Waals surface area contributed by atoms with Crippen LogP contribution in [0, 0.1) is 0 Å². The van der Waals surface area contributed by atoms with E-state index in [-0.39, 0.29) is 18.9 Å². The van der Waals surface area contributed by atoms with Crippen LogP contribution in [0.25, 0.3) is 22.3 Å². The molecule has 0 bridgehead atoms. The van der Waals surface area contributed by atoms with Crippen molar-refractivity contribution in [1.29, 1.82) is 0 Å². The molecule has 1 saturated heterocycles. The summed E-state index contributed by atoms with van der Waals surface area (Å²) >= 11 is 0. The third-order valence-corrected chi connectivity index (χ3v) is 7.14. The maximum atomic E-state index is 13.5. The largest absolute Gasteiger partial charge is 0.367 e. The third-order valence-electron chi connectivity index (χ3n) is 7.14. The summed E-state index contributed by atoms with van der Waals surface area (Å²) in [6.07, 6.45) is 8.64. The molecule has 0 unspecified atom stereocenters. The van der Waals surface area contributed by atoms with Crippen molar-refractivity contribution in [2.45, 2.75) is 56.4 Å². The van der Waals surface area contributed by atoms with Gasteiger partial charge in [-0.05, 0) is 49.3 Å². The Morgan fingerprint density at radius 3 is 2.59 bits per heavy atom.